The summed E-state index contributed by atoms with van der Waals surface area (Å²) in [7, 11) is 1.59. The van der Waals surface area contributed by atoms with E-state index in [-0.39, 0.29) is 5.43 Å². The van der Waals surface area contributed by atoms with E-state index in [2.05, 4.69) is 10.1 Å². The number of methoxy groups -OCH3 is 1. The van der Waals surface area contributed by atoms with Gasteiger partial charge in [0.25, 0.3) is 0 Å². The number of hydrogen-bond acceptors (Lipinski definition) is 3. The zero-order chi connectivity index (χ0) is 15.0. The summed E-state index contributed by atoms with van der Waals surface area (Å²) < 4.78 is 6.79. The zero-order valence-electron chi connectivity index (χ0n) is 11.7. The molecule has 0 aliphatic carbocycles. The fraction of sp³-hybridized carbons (Fsp3) is 0.200. The van der Waals surface area contributed by atoms with Crippen molar-refractivity contribution in [3.63, 3.8) is 0 Å². The first-order valence-electron chi connectivity index (χ1n) is 6.46. The molecule has 0 atom stereocenters. The summed E-state index contributed by atoms with van der Waals surface area (Å²) in [6.45, 7) is 2.16. The minimum atomic E-state index is -0.0616. The average Bonchev–Trinajstić information content (AvgIpc) is 2.78. The first-order valence-corrected chi connectivity index (χ1v) is 6.84. The largest absolute Gasteiger partial charge is 0.378 e. The van der Waals surface area contributed by atoms with Crippen molar-refractivity contribution in [2.24, 2.45) is 0 Å². The molecule has 0 fully saturated rings. The SMILES string of the molecule is COCc1cc(=O)c2c(C)nn(-c3ccc(Cl)cc3)c2[nH]1. The molecule has 3 aromatic rings. The maximum atomic E-state index is 12.2. The Morgan fingerprint density at radius 2 is 2.05 bits per heavy atom. The monoisotopic (exact) mass is 303 g/mol. The molecule has 1 N–H and O–H groups in total. The summed E-state index contributed by atoms with van der Waals surface area (Å²) in [6, 6.07) is 8.84. The Balaban J connectivity index is 2.28. The Morgan fingerprint density at radius 3 is 2.71 bits per heavy atom. The molecular weight excluding hydrogens is 290 g/mol. The maximum Gasteiger partial charge on any atom is 0.193 e. The number of hydrogen-bond donors (Lipinski definition) is 1. The third-order valence-electron chi connectivity index (χ3n) is 3.26. The van der Waals surface area contributed by atoms with Crippen molar-refractivity contribution in [2.45, 2.75) is 13.5 Å². The van der Waals surface area contributed by atoms with Crippen molar-refractivity contribution >= 4 is 22.6 Å². The highest BCUT2D eigenvalue weighted by Gasteiger charge is 2.13. The number of H-pyrrole nitrogens is 1. The first kappa shape index (κ1) is 13.9. The summed E-state index contributed by atoms with van der Waals surface area (Å²) in [5, 5.41) is 5.69. The van der Waals surface area contributed by atoms with Crippen LogP contribution in [-0.2, 0) is 11.3 Å². The van der Waals surface area contributed by atoms with Gasteiger partial charge in [-0.05, 0) is 31.2 Å². The summed E-state index contributed by atoms with van der Waals surface area (Å²) in [5.41, 5.74) is 2.83. The number of nitrogens with zero attached hydrogens (tertiary/aromatic N) is 2. The lowest BCUT2D eigenvalue weighted by Crippen LogP contribution is -2.07. The highest BCUT2D eigenvalue weighted by Crippen LogP contribution is 2.19. The van der Waals surface area contributed by atoms with Crippen LogP contribution in [0.15, 0.2) is 35.1 Å². The third-order valence-corrected chi connectivity index (χ3v) is 3.51. The van der Waals surface area contributed by atoms with Gasteiger partial charge in [0.05, 0.1) is 23.4 Å². The minimum Gasteiger partial charge on any atom is -0.378 e. The number of aryl methyl sites for hydroxylation is 1. The molecule has 5 nitrogen and oxygen atoms in total. The van der Waals surface area contributed by atoms with Crippen LogP contribution in [0.5, 0.6) is 0 Å². The van der Waals surface area contributed by atoms with Crippen LogP contribution >= 0.6 is 11.6 Å². The summed E-state index contributed by atoms with van der Waals surface area (Å²) >= 11 is 5.91. The predicted octanol–water partition coefficient (Wildman–Crippen LogP) is 2.82. The van der Waals surface area contributed by atoms with E-state index in [1.807, 2.05) is 19.1 Å². The molecule has 0 spiro atoms. The first-order chi connectivity index (χ1) is 10.1. The van der Waals surface area contributed by atoms with Gasteiger partial charge < -0.3 is 9.72 Å². The van der Waals surface area contributed by atoms with Crippen LogP contribution in [0.1, 0.15) is 11.4 Å². The van der Waals surface area contributed by atoms with Crippen molar-refractivity contribution in [1.82, 2.24) is 14.8 Å². The zero-order valence-corrected chi connectivity index (χ0v) is 12.4. The van der Waals surface area contributed by atoms with E-state index in [0.717, 1.165) is 5.69 Å². The third kappa shape index (κ3) is 2.46. The lowest BCUT2D eigenvalue weighted by Gasteiger charge is -2.05. The van der Waals surface area contributed by atoms with E-state index in [1.165, 1.54) is 0 Å². The van der Waals surface area contributed by atoms with Gasteiger partial charge in [-0.1, -0.05) is 11.6 Å². The van der Waals surface area contributed by atoms with Gasteiger partial charge in [-0.15, -0.1) is 0 Å². The van der Waals surface area contributed by atoms with Crippen molar-refractivity contribution in [1.29, 1.82) is 0 Å². The van der Waals surface area contributed by atoms with Crippen LogP contribution in [0.25, 0.3) is 16.7 Å². The molecule has 108 valence electrons. The number of pyridine rings is 1. The smallest absolute Gasteiger partial charge is 0.193 e. The number of nitrogens with one attached hydrogen (secondary N) is 1. The van der Waals surface area contributed by atoms with E-state index in [1.54, 1.807) is 30.0 Å². The summed E-state index contributed by atoms with van der Waals surface area (Å²) in [6.07, 6.45) is 0. The Labute approximate surface area is 126 Å². The number of rotatable bonds is 3. The minimum absolute atomic E-state index is 0.0616. The van der Waals surface area contributed by atoms with Gasteiger partial charge >= 0.3 is 0 Å². The Kier molecular flexibility index (Phi) is 3.53. The molecule has 0 bridgehead atoms. The molecule has 2 heterocycles. The highest BCUT2D eigenvalue weighted by molar-refractivity contribution is 6.30. The molecule has 21 heavy (non-hydrogen) atoms. The van der Waals surface area contributed by atoms with Crippen LogP contribution < -0.4 is 5.43 Å². The number of aromatic nitrogens is 3. The van der Waals surface area contributed by atoms with Gasteiger partial charge in [0.1, 0.15) is 5.65 Å². The van der Waals surface area contributed by atoms with Crippen LogP contribution in [0.4, 0.5) is 0 Å². The second-order valence-electron chi connectivity index (χ2n) is 4.79. The molecule has 6 heteroatoms. The number of aromatic amines is 1. The molecule has 1 aromatic carbocycles. The topological polar surface area (TPSA) is 59.9 Å². The molecule has 2 aromatic heterocycles. The lowest BCUT2D eigenvalue weighted by atomic mass is 10.2. The Morgan fingerprint density at radius 1 is 1.33 bits per heavy atom. The Hall–Kier alpha value is -2.11. The number of halogens is 1. The average molecular weight is 304 g/mol. The molecule has 3 rings (SSSR count). The van der Waals surface area contributed by atoms with Crippen molar-refractivity contribution in [2.75, 3.05) is 7.11 Å². The van der Waals surface area contributed by atoms with E-state index in [0.29, 0.717) is 34.1 Å². The standard InChI is InChI=1S/C15H14ClN3O2/c1-9-14-13(20)7-11(8-21-2)17-15(14)19(18-9)12-5-3-10(16)4-6-12/h3-7H,8H2,1-2H3,(H,17,20). The van der Waals surface area contributed by atoms with E-state index in [4.69, 9.17) is 16.3 Å². The normalized spacial score (nSPS) is 11.2. The fourth-order valence-corrected chi connectivity index (χ4v) is 2.48. The Bertz CT molecular complexity index is 850. The van der Waals surface area contributed by atoms with Gasteiger partial charge in [0.2, 0.25) is 0 Å². The highest BCUT2D eigenvalue weighted by atomic mass is 35.5. The van der Waals surface area contributed by atoms with Crippen LogP contribution in [0.2, 0.25) is 5.02 Å². The molecule has 0 aliphatic rings. The van der Waals surface area contributed by atoms with E-state index >= 15 is 0 Å². The number of benzene rings is 1. The van der Waals surface area contributed by atoms with E-state index < -0.39 is 0 Å². The summed E-state index contributed by atoms with van der Waals surface area (Å²) in [5.74, 6) is 0. The van der Waals surface area contributed by atoms with Crippen LogP contribution in [-0.4, -0.2) is 21.9 Å². The molecule has 0 amide bonds. The predicted molar refractivity (Wildman–Crippen MR) is 82.2 cm³/mol. The van der Waals surface area contributed by atoms with Gasteiger partial charge in [0.15, 0.2) is 5.43 Å². The van der Waals surface area contributed by atoms with Crippen LogP contribution in [0.3, 0.4) is 0 Å². The fourth-order valence-electron chi connectivity index (χ4n) is 2.36. The second-order valence-corrected chi connectivity index (χ2v) is 5.23. The molecule has 0 saturated heterocycles. The maximum absolute atomic E-state index is 12.2. The van der Waals surface area contributed by atoms with Crippen molar-refractivity contribution < 1.29 is 4.74 Å². The summed E-state index contributed by atoms with van der Waals surface area (Å²) in [4.78, 5) is 15.5. The van der Waals surface area contributed by atoms with Gasteiger partial charge in [-0.2, -0.15) is 5.10 Å². The quantitative estimate of drug-likeness (QED) is 0.809. The van der Waals surface area contributed by atoms with Crippen molar-refractivity contribution in [3.8, 4) is 5.69 Å². The second kappa shape index (κ2) is 5.35. The molecular formula is C15H14ClN3O2. The molecule has 0 radical (unpaired) electrons. The van der Waals surface area contributed by atoms with Gasteiger partial charge in [0, 0.05) is 23.9 Å². The lowest BCUT2D eigenvalue weighted by molar-refractivity contribution is 0.181. The number of ether oxygens (including phenoxy) is 1. The number of fused-ring (bicyclic) bond motifs is 1. The van der Waals surface area contributed by atoms with Gasteiger partial charge in [-0.25, -0.2) is 4.68 Å². The molecule has 0 unspecified atom stereocenters. The van der Waals surface area contributed by atoms with Crippen LogP contribution in [0, 0.1) is 6.92 Å². The van der Waals surface area contributed by atoms with E-state index in [9.17, 15) is 4.79 Å². The van der Waals surface area contributed by atoms with Crippen molar-refractivity contribution in [3.05, 3.63) is 57.0 Å². The van der Waals surface area contributed by atoms with Gasteiger partial charge in [-0.3, -0.25) is 4.79 Å². The molecule has 0 saturated carbocycles. The molecule has 0 aliphatic heterocycles.